The van der Waals surface area contributed by atoms with E-state index in [1.807, 2.05) is 12.2 Å². The van der Waals surface area contributed by atoms with Crippen molar-refractivity contribution in [1.82, 2.24) is 0 Å². The summed E-state index contributed by atoms with van der Waals surface area (Å²) in [6, 6.07) is 0. The molecule has 1 aliphatic rings. The number of hydrogen-bond acceptors (Lipinski definition) is 2. The van der Waals surface area contributed by atoms with Gasteiger partial charge in [0.2, 0.25) is 0 Å². The van der Waals surface area contributed by atoms with Gasteiger partial charge in [0.1, 0.15) is 0 Å². The van der Waals surface area contributed by atoms with Crippen molar-refractivity contribution in [2.24, 2.45) is 10.6 Å². The smallest absolute Gasteiger partial charge is 0.0764 e. The highest BCUT2D eigenvalue weighted by Crippen LogP contribution is 2.40. The third-order valence-electron chi connectivity index (χ3n) is 3.91. The Morgan fingerprint density at radius 3 is 2.55 bits per heavy atom. The number of rotatable bonds is 4. The molecule has 0 aromatic carbocycles. The van der Waals surface area contributed by atoms with Crippen molar-refractivity contribution in [3.63, 3.8) is 0 Å². The Kier molecular flexibility index (Phi) is 6.00. The fourth-order valence-corrected chi connectivity index (χ4v) is 2.65. The molecule has 0 spiro atoms. The first kappa shape index (κ1) is 16.5. The van der Waals surface area contributed by atoms with Gasteiger partial charge in [0.05, 0.1) is 5.71 Å². The molecule has 0 atom stereocenters. The summed E-state index contributed by atoms with van der Waals surface area (Å²) in [5.41, 5.74) is 5.08. The molecule has 0 radical (unpaired) electrons. The van der Waals surface area contributed by atoms with Crippen molar-refractivity contribution in [2.75, 3.05) is 0 Å². The largest absolute Gasteiger partial charge is 0.411 e. The molecule has 0 saturated heterocycles. The van der Waals surface area contributed by atoms with Crippen LogP contribution in [0.1, 0.15) is 53.9 Å². The van der Waals surface area contributed by atoms with Crippen molar-refractivity contribution >= 4 is 5.71 Å². The van der Waals surface area contributed by atoms with Gasteiger partial charge in [-0.3, -0.25) is 0 Å². The number of hydrogen-bond donors (Lipinski definition) is 1. The Morgan fingerprint density at radius 1 is 1.25 bits per heavy atom. The van der Waals surface area contributed by atoms with E-state index in [1.165, 1.54) is 36.0 Å². The molecule has 1 rings (SSSR count). The highest BCUT2D eigenvalue weighted by Gasteiger charge is 2.26. The van der Waals surface area contributed by atoms with Crippen LogP contribution in [0.4, 0.5) is 0 Å². The Balaban J connectivity index is 2.81. The quantitative estimate of drug-likeness (QED) is 0.315. The standard InChI is InChI=1S/C18H27NO/c1-14(8-6-10-16(3)19-20)11-12-17-15(2)9-7-13-18(17,4)5/h6,8,10-12,20H,7,9,13H2,1-5H3. The summed E-state index contributed by atoms with van der Waals surface area (Å²) in [7, 11) is 0. The molecular weight excluding hydrogens is 246 g/mol. The van der Waals surface area contributed by atoms with Crippen molar-refractivity contribution < 1.29 is 5.21 Å². The first-order chi connectivity index (χ1) is 9.36. The monoisotopic (exact) mass is 273 g/mol. The third-order valence-corrected chi connectivity index (χ3v) is 3.91. The average Bonchev–Trinajstić information content (AvgIpc) is 2.37. The van der Waals surface area contributed by atoms with Crippen molar-refractivity contribution in [1.29, 1.82) is 0 Å². The summed E-state index contributed by atoms with van der Waals surface area (Å²) >= 11 is 0. The molecule has 2 heteroatoms. The molecule has 0 unspecified atom stereocenters. The second-order valence-electron chi connectivity index (χ2n) is 6.28. The molecule has 0 heterocycles. The SMILES string of the molecule is CC(C=CC1=C(C)CCCC1(C)C)=CC=CC(C)=NO. The lowest BCUT2D eigenvalue weighted by Crippen LogP contribution is -2.19. The van der Waals surface area contributed by atoms with Crippen molar-refractivity contribution in [3.8, 4) is 0 Å². The van der Waals surface area contributed by atoms with E-state index in [9.17, 15) is 0 Å². The zero-order valence-corrected chi connectivity index (χ0v) is 13.4. The lowest BCUT2D eigenvalue weighted by Gasteiger charge is -2.32. The van der Waals surface area contributed by atoms with Gasteiger partial charge < -0.3 is 5.21 Å². The predicted octanol–water partition coefficient (Wildman–Crippen LogP) is 5.42. The van der Waals surface area contributed by atoms with E-state index < -0.39 is 0 Å². The van der Waals surface area contributed by atoms with E-state index in [1.54, 1.807) is 13.0 Å². The van der Waals surface area contributed by atoms with Crippen LogP contribution in [0, 0.1) is 5.41 Å². The van der Waals surface area contributed by atoms with E-state index >= 15 is 0 Å². The second-order valence-corrected chi connectivity index (χ2v) is 6.28. The van der Waals surface area contributed by atoms with Crippen LogP contribution in [0.5, 0.6) is 0 Å². The summed E-state index contributed by atoms with van der Waals surface area (Å²) in [6.45, 7) is 10.7. The molecule has 0 aromatic heterocycles. The first-order valence-corrected chi connectivity index (χ1v) is 7.29. The summed E-state index contributed by atoms with van der Waals surface area (Å²) in [6.07, 6.45) is 13.9. The summed E-state index contributed by atoms with van der Waals surface area (Å²) in [5, 5.41) is 11.7. The van der Waals surface area contributed by atoms with Gasteiger partial charge >= 0.3 is 0 Å². The summed E-state index contributed by atoms with van der Waals surface area (Å²) in [4.78, 5) is 0. The van der Waals surface area contributed by atoms with Gasteiger partial charge in [-0.2, -0.15) is 0 Å². The fraction of sp³-hybridized carbons (Fsp3) is 0.500. The van der Waals surface area contributed by atoms with E-state index in [0.717, 1.165) is 0 Å². The van der Waals surface area contributed by atoms with Crippen LogP contribution in [0.2, 0.25) is 0 Å². The molecular formula is C18H27NO. The predicted molar refractivity (Wildman–Crippen MR) is 87.3 cm³/mol. The molecule has 0 saturated carbocycles. The van der Waals surface area contributed by atoms with E-state index in [4.69, 9.17) is 5.21 Å². The minimum atomic E-state index is 0.287. The minimum absolute atomic E-state index is 0.287. The molecule has 0 bridgehead atoms. The van der Waals surface area contributed by atoms with Crippen LogP contribution in [-0.2, 0) is 0 Å². The first-order valence-electron chi connectivity index (χ1n) is 7.29. The molecule has 20 heavy (non-hydrogen) atoms. The van der Waals surface area contributed by atoms with E-state index in [2.05, 4.69) is 45.0 Å². The fourth-order valence-electron chi connectivity index (χ4n) is 2.65. The molecule has 1 N–H and O–H groups in total. The normalized spacial score (nSPS) is 21.2. The van der Waals surface area contributed by atoms with Crippen LogP contribution in [0.15, 0.2) is 52.3 Å². The van der Waals surface area contributed by atoms with Crippen molar-refractivity contribution in [3.05, 3.63) is 47.1 Å². The van der Waals surface area contributed by atoms with Gasteiger partial charge in [0, 0.05) is 0 Å². The highest BCUT2D eigenvalue weighted by molar-refractivity contribution is 5.92. The van der Waals surface area contributed by atoms with E-state index in [-0.39, 0.29) is 5.41 Å². The average molecular weight is 273 g/mol. The second kappa shape index (κ2) is 7.28. The topological polar surface area (TPSA) is 32.6 Å². The molecule has 0 aromatic rings. The van der Waals surface area contributed by atoms with Crippen molar-refractivity contribution in [2.45, 2.75) is 53.9 Å². The van der Waals surface area contributed by atoms with Crippen LogP contribution in [-0.4, -0.2) is 10.9 Å². The molecule has 1 aliphatic carbocycles. The van der Waals surface area contributed by atoms with Gasteiger partial charge in [-0.1, -0.05) is 54.5 Å². The molecule has 0 amide bonds. The Bertz CT molecular complexity index is 488. The Morgan fingerprint density at radius 2 is 1.95 bits per heavy atom. The maximum Gasteiger partial charge on any atom is 0.0764 e. The van der Waals surface area contributed by atoms with Crippen LogP contribution in [0.3, 0.4) is 0 Å². The van der Waals surface area contributed by atoms with Gasteiger partial charge in [-0.25, -0.2) is 0 Å². The van der Waals surface area contributed by atoms with Gasteiger partial charge in [-0.15, -0.1) is 0 Å². The number of allylic oxidation sites excluding steroid dienone is 8. The molecule has 0 fully saturated rings. The molecule has 0 aliphatic heterocycles. The van der Waals surface area contributed by atoms with Crippen LogP contribution in [0.25, 0.3) is 0 Å². The van der Waals surface area contributed by atoms with Gasteiger partial charge in [-0.05, 0) is 57.1 Å². The molecule has 110 valence electrons. The minimum Gasteiger partial charge on any atom is -0.411 e. The number of oxime groups is 1. The van der Waals surface area contributed by atoms with Crippen LogP contribution < -0.4 is 0 Å². The zero-order valence-electron chi connectivity index (χ0n) is 13.4. The lowest BCUT2D eigenvalue weighted by atomic mass is 9.72. The maximum absolute atomic E-state index is 8.56. The molecule has 2 nitrogen and oxygen atoms in total. The lowest BCUT2D eigenvalue weighted by molar-refractivity contribution is 0.319. The summed E-state index contributed by atoms with van der Waals surface area (Å²) in [5.74, 6) is 0. The Labute approximate surface area is 123 Å². The van der Waals surface area contributed by atoms with E-state index in [0.29, 0.717) is 5.71 Å². The summed E-state index contributed by atoms with van der Waals surface area (Å²) < 4.78 is 0. The third kappa shape index (κ3) is 4.84. The van der Waals surface area contributed by atoms with Gasteiger partial charge in [0.15, 0.2) is 0 Å². The van der Waals surface area contributed by atoms with Gasteiger partial charge in [0.25, 0.3) is 0 Å². The van der Waals surface area contributed by atoms with Crippen LogP contribution >= 0.6 is 0 Å². The maximum atomic E-state index is 8.56. The Hall–Kier alpha value is -1.57. The zero-order chi connectivity index (χ0) is 15.2. The highest BCUT2D eigenvalue weighted by atomic mass is 16.4. The number of nitrogens with zero attached hydrogens (tertiary/aromatic N) is 1.